The Hall–Kier alpha value is -2.24. The van der Waals surface area contributed by atoms with E-state index in [9.17, 15) is 0 Å². The molecule has 1 aromatic heterocycles. The number of nitrogens with one attached hydrogen (secondary N) is 1. The summed E-state index contributed by atoms with van der Waals surface area (Å²) in [6.45, 7) is 3.28. The van der Waals surface area contributed by atoms with E-state index in [0.29, 0.717) is 6.79 Å². The van der Waals surface area contributed by atoms with Crippen molar-refractivity contribution in [2.24, 2.45) is 0 Å². The van der Waals surface area contributed by atoms with Gasteiger partial charge in [-0.05, 0) is 24.1 Å². The summed E-state index contributed by atoms with van der Waals surface area (Å²) < 4.78 is 12.8. The maximum atomic E-state index is 5.46. The standard InChI is InChI=1S/C14H16N4O2/c1-2-13-16-14-15-6-5-10(18(14)17-13)9-3-4-11-12(7-9)20-8-19-11/h3-4,7,10H,2,5-6,8H2,1H3,(H,15,16,17). The van der Waals surface area contributed by atoms with Crippen LogP contribution < -0.4 is 14.8 Å². The number of rotatable bonds is 2. The Labute approximate surface area is 116 Å². The number of hydrogen-bond donors (Lipinski definition) is 1. The Morgan fingerprint density at radius 3 is 3.15 bits per heavy atom. The zero-order valence-corrected chi connectivity index (χ0v) is 11.3. The van der Waals surface area contributed by atoms with Crippen molar-refractivity contribution in [3.8, 4) is 11.5 Å². The Kier molecular flexibility index (Phi) is 2.55. The summed E-state index contributed by atoms with van der Waals surface area (Å²) in [4.78, 5) is 4.50. The highest BCUT2D eigenvalue weighted by atomic mass is 16.7. The van der Waals surface area contributed by atoms with Crippen LogP contribution in [0.5, 0.6) is 11.5 Å². The molecule has 6 nitrogen and oxygen atoms in total. The van der Waals surface area contributed by atoms with Crippen LogP contribution in [0.4, 0.5) is 5.95 Å². The Morgan fingerprint density at radius 2 is 2.25 bits per heavy atom. The minimum absolute atomic E-state index is 0.202. The van der Waals surface area contributed by atoms with E-state index in [4.69, 9.17) is 9.47 Å². The molecule has 0 spiro atoms. The van der Waals surface area contributed by atoms with Crippen LogP contribution in [0.15, 0.2) is 18.2 Å². The summed E-state index contributed by atoms with van der Waals surface area (Å²) in [5, 5.41) is 7.89. The van der Waals surface area contributed by atoms with Gasteiger partial charge in [-0.15, -0.1) is 0 Å². The summed E-state index contributed by atoms with van der Waals surface area (Å²) in [7, 11) is 0. The molecule has 1 N–H and O–H groups in total. The maximum absolute atomic E-state index is 5.46. The van der Waals surface area contributed by atoms with Gasteiger partial charge in [0.15, 0.2) is 17.3 Å². The second kappa shape index (κ2) is 4.40. The van der Waals surface area contributed by atoms with Gasteiger partial charge in [-0.2, -0.15) is 10.1 Å². The summed E-state index contributed by atoms with van der Waals surface area (Å²) >= 11 is 0. The van der Waals surface area contributed by atoms with Gasteiger partial charge in [0.05, 0.1) is 6.04 Å². The normalized spacial score (nSPS) is 19.6. The molecule has 2 aliphatic heterocycles. The number of nitrogens with zero attached hydrogens (tertiary/aromatic N) is 3. The third-order valence-electron chi connectivity index (χ3n) is 3.77. The van der Waals surface area contributed by atoms with E-state index >= 15 is 0 Å². The molecule has 3 heterocycles. The molecule has 0 fully saturated rings. The zero-order chi connectivity index (χ0) is 13.5. The fourth-order valence-corrected chi connectivity index (χ4v) is 2.73. The molecule has 0 saturated heterocycles. The predicted molar refractivity (Wildman–Crippen MR) is 73.2 cm³/mol. The van der Waals surface area contributed by atoms with Crippen LogP contribution in [0.1, 0.15) is 30.8 Å². The predicted octanol–water partition coefficient (Wildman–Crippen LogP) is 1.97. The molecule has 1 aromatic carbocycles. The van der Waals surface area contributed by atoms with Gasteiger partial charge in [-0.25, -0.2) is 4.68 Å². The largest absolute Gasteiger partial charge is 0.454 e. The van der Waals surface area contributed by atoms with E-state index in [-0.39, 0.29) is 6.04 Å². The highest BCUT2D eigenvalue weighted by Gasteiger charge is 2.25. The topological polar surface area (TPSA) is 61.2 Å². The molecule has 6 heteroatoms. The van der Waals surface area contributed by atoms with Crippen molar-refractivity contribution in [3.05, 3.63) is 29.6 Å². The van der Waals surface area contributed by atoms with E-state index in [1.54, 1.807) is 0 Å². The summed E-state index contributed by atoms with van der Waals surface area (Å²) in [5.74, 6) is 3.37. The number of fused-ring (bicyclic) bond motifs is 2. The zero-order valence-electron chi connectivity index (χ0n) is 11.3. The molecule has 1 unspecified atom stereocenters. The summed E-state index contributed by atoms with van der Waals surface area (Å²) in [6.07, 6.45) is 1.83. The molecule has 0 saturated carbocycles. The molecule has 0 bridgehead atoms. The van der Waals surface area contributed by atoms with Crippen LogP contribution in [0.25, 0.3) is 0 Å². The van der Waals surface area contributed by atoms with Crippen molar-refractivity contribution in [1.29, 1.82) is 0 Å². The van der Waals surface area contributed by atoms with E-state index < -0.39 is 0 Å². The molecule has 0 amide bonds. The van der Waals surface area contributed by atoms with Gasteiger partial charge in [0, 0.05) is 13.0 Å². The lowest BCUT2D eigenvalue weighted by atomic mass is 10.0. The molecular formula is C14H16N4O2. The second-order valence-corrected chi connectivity index (χ2v) is 4.99. The number of benzene rings is 1. The second-order valence-electron chi connectivity index (χ2n) is 4.99. The first-order valence-electron chi connectivity index (χ1n) is 6.94. The average molecular weight is 272 g/mol. The van der Waals surface area contributed by atoms with Gasteiger partial charge >= 0.3 is 0 Å². The third-order valence-corrected chi connectivity index (χ3v) is 3.77. The molecular weight excluding hydrogens is 256 g/mol. The molecule has 0 radical (unpaired) electrons. The minimum atomic E-state index is 0.202. The Morgan fingerprint density at radius 1 is 1.35 bits per heavy atom. The van der Waals surface area contributed by atoms with Crippen LogP contribution in [0.2, 0.25) is 0 Å². The number of aromatic nitrogens is 3. The van der Waals surface area contributed by atoms with Crippen molar-refractivity contribution < 1.29 is 9.47 Å². The lowest BCUT2D eigenvalue weighted by molar-refractivity contribution is 0.174. The van der Waals surface area contributed by atoms with Crippen LogP contribution in [-0.2, 0) is 6.42 Å². The highest BCUT2D eigenvalue weighted by Crippen LogP contribution is 2.37. The lowest BCUT2D eigenvalue weighted by Gasteiger charge is -2.24. The van der Waals surface area contributed by atoms with Crippen molar-refractivity contribution >= 4 is 5.95 Å². The molecule has 4 rings (SSSR count). The number of anilines is 1. The Balaban J connectivity index is 1.74. The molecule has 104 valence electrons. The van der Waals surface area contributed by atoms with Crippen LogP contribution >= 0.6 is 0 Å². The third kappa shape index (κ3) is 1.71. The van der Waals surface area contributed by atoms with E-state index in [1.807, 2.05) is 10.7 Å². The molecule has 20 heavy (non-hydrogen) atoms. The van der Waals surface area contributed by atoms with Crippen LogP contribution in [-0.4, -0.2) is 28.1 Å². The first-order chi connectivity index (χ1) is 9.85. The van der Waals surface area contributed by atoms with Crippen molar-refractivity contribution in [2.45, 2.75) is 25.8 Å². The van der Waals surface area contributed by atoms with Gasteiger partial charge in [0.2, 0.25) is 12.7 Å². The maximum Gasteiger partial charge on any atom is 0.231 e. The van der Waals surface area contributed by atoms with Crippen molar-refractivity contribution in [1.82, 2.24) is 14.8 Å². The molecule has 2 aliphatic rings. The van der Waals surface area contributed by atoms with Crippen LogP contribution in [0, 0.1) is 0 Å². The first-order valence-corrected chi connectivity index (χ1v) is 6.94. The van der Waals surface area contributed by atoms with E-state index in [1.165, 1.54) is 5.56 Å². The number of hydrogen-bond acceptors (Lipinski definition) is 5. The fraction of sp³-hybridized carbons (Fsp3) is 0.429. The smallest absolute Gasteiger partial charge is 0.231 e. The molecule has 2 aromatic rings. The monoisotopic (exact) mass is 272 g/mol. The fourth-order valence-electron chi connectivity index (χ4n) is 2.73. The summed E-state index contributed by atoms with van der Waals surface area (Å²) in [5.41, 5.74) is 1.18. The summed E-state index contributed by atoms with van der Waals surface area (Å²) in [6, 6.07) is 6.31. The van der Waals surface area contributed by atoms with Gasteiger partial charge in [0.1, 0.15) is 0 Å². The van der Waals surface area contributed by atoms with E-state index in [0.717, 1.165) is 42.7 Å². The van der Waals surface area contributed by atoms with Gasteiger partial charge in [-0.1, -0.05) is 13.0 Å². The quantitative estimate of drug-likeness (QED) is 0.905. The minimum Gasteiger partial charge on any atom is -0.454 e. The Bertz CT molecular complexity index is 653. The van der Waals surface area contributed by atoms with Crippen molar-refractivity contribution in [2.75, 3.05) is 18.7 Å². The number of ether oxygens (including phenoxy) is 2. The first kappa shape index (κ1) is 11.6. The highest BCUT2D eigenvalue weighted by molar-refractivity contribution is 5.46. The lowest BCUT2D eigenvalue weighted by Crippen LogP contribution is -2.24. The molecule has 1 atom stereocenters. The van der Waals surface area contributed by atoms with Crippen LogP contribution in [0.3, 0.4) is 0 Å². The van der Waals surface area contributed by atoms with Gasteiger partial charge in [-0.3, -0.25) is 0 Å². The van der Waals surface area contributed by atoms with E-state index in [2.05, 4.69) is 34.5 Å². The average Bonchev–Trinajstić information content (AvgIpc) is 3.11. The SMILES string of the molecule is CCc1nc2n(n1)C(c1ccc3c(c1)OCO3)CCN2. The van der Waals surface area contributed by atoms with Gasteiger partial charge < -0.3 is 14.8 Å². The van der Waals surface area contributed by atoms with Crippen molar-refractivity contribution in [3.63, 3.8) is 0 Å². The molecule has 0 aliphatic carbocycles. The van der Waals surface area contributed by atoms with Gasteiger partial charge in [0.25, 0.3) is 0 Å². The number of aryl methyl sites for hydroxylation is 1.